The van der Waals surface area contributed by atoms with Crippen LogP contribution in [-0.2, 0) is 0 Å². The van der Waals surface area contributed by atoms with E-state index in [1.165, 1.54) is 41.9 Å². The van der Waals surface area contributed by atoms with Crippen LogP contribution < -0.4 is 16.2 Å². The summed E-state index contributed by atoms with van der Waals surface area (Å²) in [4.78, 5) is 36.4. The second-order valence-corrected chi connectivity index (χ2v) is 5.68. The van der Waals surface area contributed by atoms with Crippen LogP contribution in [0.4, 0.5) is 10.1 Å². The molecule has 0 saturated carbocycles. The summed E-state index contributed by atoms with van der Waals surface area (Å²) in [5.74, 6) is -1.25. The number of nitrogens with zero attached hydrogens (tertiary/aromatic N) is 1. The van der Waals surface area contributed by atoms with E-state index >= 15 is 0 Å². The highest BCUT2D eigenvalue weighted by Crippen LogP contribution is 2.14. The molecule has 3 rings (SSSR count). The van der Waals surface area contributed by atoms with Crippen LogP contribution in [0, 0.1) is 5.82 Å². The Morgan fingerprint density at radius 3 is 2.22 bits per heavy atom. The van der Waals surface area contributed by atoms with Crippen LogP contribution in [-0.4, -0.2) is 23.4 Å². The lowest BCUT2D eigenvalue weighted by Gasteiger charge is -2.09. The minimum absolute atomic E-state index is 0.0358. The zero-order valence-electron chi connectivity index (χ0n) is 14.4. The zero-order chi connectivity index (χ0) is 19.4. The quantitative estimate of drug-likeness (QED) is 0.746. The molecule has 0 bridgehead atoms. The number of benzene rings is 2. The van der Waals surface area contributed by atoms with Gasteiger partial charge in [-0.3, -0.25) is 19.0 Å². The van der Waals surface area contributed by atoms with Gasteiger partial charge in [0.1, 0.15) is 11.4 Å². The Morgan fingerprint density at radius 2 is 1.59 bits per heavy atom. The molecule has 0 aliphatic carbocycles. The van der Waals surface area contributed by atoms with Crippen molar-refractivity contribution < 1.29 is 14.0 Å². The van der Waals surface area contributed by atoms with Crippen LogP contribution >= 0.6 is 0 Å². The van der Waals surface area contributed by atoms with Gasteiger partial charge in [-0.25, -0.2) is 4.39 Å². The summed E-state index contributed by atoms with van der Waals surface area (Å²) in [6.45, 7) is 0. The first kappa shape index (κ1) is 18.1. The van der Waals surface area contributed by atoms with Crippen molar-refractivity contribution in [1.29, 1.82) is 0 Å². The third-order valence-corrected chi connectivity index (χ3v) is 3.93. The predicted octanol–water partition coefficient (Wildman–Crippen LogP) is 2.59. The fourth-order valence-electron chi connectivity index (χ4n) is 2.51. The lowest BCUT2D eigenvalue weighted by molar-refractivity contribution is 0.0960. The molecule has 2 amide bonds. The van der Waals surface area contributed by atoms with E-state index in [1.807, 2.05) is 0 Å². The van der Waals surface area contributed by atoms with E-state index in [-0.39, 0.29) is 11.5 Å². The molecule has 2 aromatic carbocycles. The topological polar surface area (TPSA) is 80.2 Å². The van der Waals surface area contributed by atoms with Crippen molar-refractivity contribution >= 4 is 17.5 Å². The van der Waals surface area contributed by atoms with Gasteiger partial charge in [-0.2, -0.15) is 0 Å². The van der Waals surface area contributed by atoms with Gasteiger partial charge in [-0.05, 0) is 60.7 Å². The molecule has 136 valence electrons. The molecule has 27 heavy (non-hydrogen) atoms. The summed E-state index contributed by atoms with van der Waals surface area (Å²) < 4.78 is 14.3. The van der Waals surface area contributed by atoms with Crippen molar-refractivity contribution in [2.45, 2.75) is 0 Å². The van der Waals surface area contributed by atoms with Gasteiger partial charge in [0, 0.05) is 30.2 Å². The van der Waals surface area contributed by atoms with Crippen LogP contribution in [0.15, 0.2) is 71.7 Å². The number of hydrogen-bond acceptors (Lipinski definition) is 3. The van der Waals surface area contributed by atoms with E-state index in [4.69, 9.17) is 0 Å². The van der Waals surface area contributed by atoms with Crippen molar-refractivity contribution in [2.24, 2.45) is 0 Å². The summed E-state index contributed by atoms with van der Waals surface area (Å²) in [6, 6.07) is 14.8. The van der Waals surface area contributed by atoms with Crippen molar-refractivity contribution in [3.8, 4) is 5.69 Å². The third-order valence-electron chi connectivity index (χ3n) is 3.93. The van der Waals surface area contributed by atoms with Crippen LogP contribution in [0.1, 0.15) is 20.7 Å². The highest BCUT2D eigenvalue weighted by Gasteiger charge is 2.11. The molecule has 0 spiro atoms. The highest BCUT2D eigenvalue weighted by atomic mass is 19.1. The number of carbonyl (C=O) groups is 2. The molecular weight excluding hydrogens is 349 g/mol. The fraction of sp³-hybridized carbons (Fsp3) is 0.0500. The van der Waals surface area contributed by atoms with Crippen LogP contribution in [0.3, 0.4) is 0 Å². The number of halogens is 1. The molecule has 0 aliphatic heterocycles. The molecule has 0 fully saturated rings. The Hall–Kier alpha value is -3.74. The number of pyridine rings is 1. The summed E-state index contributed by atoms with van der Waals surface area (Å²) in [5.41, 5.74) is 0.984. The lowest BCUT2D eigenvalue weighted by Crippen LogP contribution is -2.30. The van der Waals surface area contributed by atoms with E-state index in [2.05, 4.69) is 10.6 Å². The molecule has 0 saturated heterocycles. The number of nitrogens with one attached hydrogen (secondary N) is 2. The minimum atomic E-state index is -0.461. The molecule has 6 nitrogen and oxygen atoms in total. The van der Waals surface area contributed by atoms with Gasteiger partial charge in [0.2, 0.25) is 0 Å². The Morgan fingerprint density at radius 1 is 0.926 bits per heavy atom. The molecular formula is C20H16FN3O3. The average Bonchev–Trinajstić information content (AvgIpc) is 2.69. The first-order valence-corrected chi connectivity index (χ1v) is 8.10. The van der Waals surface area contributed by atoms with Crippen molar-refractivity contribution in [1.82, 2.24) is 9.88 Å². The number of amides is 2. The van der Waals surface area contributed by atoms with E-state index in [1.54, 1.807) is 36.5 Å². The second kappa shape index (κ2) is 7.65. The normalized spacial score (nSPS) is 10.3. The van der Waals surface area contributed by atoms with Gasteiger partial charge in [-0.1, -0.05) is 0 Å². The molecule has 1 heterocycles. The van der Waals surface area contributed by atoms with Gasteiger partial charge in [-0.15, -0.1) is 0 Å². The summed E-state index contributed by atoms with van der Waals surface area (Å²) in [6.07, 6.45) is 1.56. The van der Waals surface area contributed by atoms with Gasteiger partial charge >= 0.3 is 0 Å². The van der Waals surface area contributed by atoms with Crippen molar-refractivity contribution in [3.63, 3.8) is 0 Å². The maximum absolute atomic E-state index is 12.9. The Labute approximate surface area is 154 Å². The smallest absolute Gasteiger partial charge is 0.267 e. The van der Waals surface area contributed by atoms with Crippen LogP contribution in [0.2, 0.25) is 0 Å². The maximum atomic E-state index is 12.9. The molecule has 1 aromatic heterocycles. The van der Waals surface area contributed by atoms with E-state index in [0.717, 1.165) is 0 Å². The Kier molecular flexibility index (Phi) is 5.12. The standard InChI is InChI=1S/C20H16FN3O3/c1-22-19(26)17-3-2-12-24(20(17)27)16-10-8-15(9-11-16)23-18(25)13-4-6-14(21)7-5-13/h2-12H,1H3,(H,22,26)(H,23,25). The molecule has 0 atom stereocenters. The summed E-state index contributed by atoms with van der Waals surface area (Å²) >= 11 is 0. The molecule has 0 radical (unpaired) electrons. The Balaban J connectivity index is 1.82. The minimum Gasteiger partial charge on any atom is -0.355 e. The molecule has 0 aliphatic rings. The maximum Gasteiger partial charge on any atom is 0.267 e. The number of aromatic nitrogens is 1. The van der Waals surface area contributed by atoms with Gasteiger partial charge in [0.15, 0.2) is 0 Å². The van der Waals surface area contributed by atoms with Crippen LogP contribution in [0.5, 0.6) is 0 Å². The number of carbonyl (C=O) groups excluding carboxylic acids is 2. The predicted molar refractivity (Wildman–Crippen MR) is 99.8 cm³/mol. The van der Waals surface area contributed by atoms with E-state index in [9.17, 15) is 18.8 Å². The molecule has 2 N–H and O–H groups in total. The molecule has 0 unspecified atom stereocenters. The molecule has 3 aromatic rings. The second-order valence-electron chi connectivity index (χ2n) is 5.68. The van der Waals surface area contributed by atoms with Crippen molar-refractivity contribution in [3.05, 3.63) is 94.2 Å². The third kappa shape index (κ3) is 3.92. The first-order valence-electron chi connectivity index (χ1n) is 8.10. The summed E-state index contributed by atoms with van der Waals surface area (Å²) in [7, 11) is 1.46. The van der Waals surface area contributed by atoms with Crippen LogP contribution in [0.25, 0.3) is 5.69 Å². The average molecular weight is 365 g/mol. The zero-order valence-corrected chi connectivity index (χ0v) is 14.4. The van der Waals surface area contributed by atoms with Gasteiger partial charge in [0.25, 0.3) is 17.4 Å². The largest absolute Gasteiger partial charge is 0.355 e. The lowest BCUT2D eigenvalue weighted by atomic mass is 10.2. The first-order chi connectivity index (χ1) is 13.0. The Bertz CT molecular complexity index is 1040. The van der Waals surface area contributed by atoms with Gasteiger partial charge in [0.05, 0.1) is 0 Å². The summed E-state index contributed by atoms with van der Waals surface area (Å²) in [5, 5.41) is 5.12. The van der Waals surface area contributed by atoms with Gasteiger partial charge < -0.3 is 10.6 Å². The van der Waals surface area contributed by atoms with E-state index < -0.39 is 17.3 Å². The van der Waals surface area contributed by atoms with E-state index in [0.29, 0.717) is 16.9 Å². The number of hydrogen-bond donors (Lipinski definition) is 2. The highest BCUT2D eigenvalue weighted by molar-refractivity contribution is 6.04. The molecule has 7 heteroatoms. The number of rotatable bonds is 4. The monoisotopic (exact) mass is 365 g/mol. The van der Waals surface area contributed by atoms with Crippen molar-refractivity contribution in [2.75, 3.05) is 12.4 Å². The number of anilines is 1. The SMILES string of the molecule is CNC(=O)c1cccn(-c2ccc(NC(=O)c3ccc(F)cc3)cc2)c1=O. The fourth-order valence-corrected chi connectivity index (χ4v) is 2.51.